The van der Waals surface area contributed by atoms with E-state index in [9.17, 15) is 30.0 Å². The number of carbonyl (C=O) groups excluding carboxylic acids is 2. The van der Waals surface area contributed by atoms with Crippen LogP contribution in [-0.2, 0) is 10.8 Å². The van der Waals surface area contributed by atoms with E-state index in [2.05, 4.69) is 0 Å². The zero-order valence-electron chi connectivity index (χ0n) is 40.6. The number of rotatable bonds is 9. The van der Waals surface area contributed by atoms with Gasteiger partial charge >= 0.3 is 0 Å². The molecule has 10 aromatic rings. The van der Waals surface area contributed by atoms with Crippen LogP contribution in [0.15, 0.2) is 158 Å². The van der Waals surface area contributed by atoms with Crippen molar-refractivity contribution in [2.45, 2.75) is 52.4 Å². The number of phenols is 4. The first-order valence-electron chi connectivity index (χ1n) is 23.6. The van der Waals surface area contributed by atoms with Gasteiger partial charge in [-0.25, -0.2) is 19.9 Å². The fourth-order valence-electron chi connectivity index (χ4n) is 9.23. The molecule has 4 aromatic heterocycles. The normalized spacial score (nSPS) is 11.8. The fraction of sp³-hybridized carbons (Fsp3) is 0.129. The second kappa shape index (κ2) is 18.1. The maximum Gasteiger partial charge on any atom is 0.153 e. The lowest BCUT2D eigenvalue weighted by Crippen LogP contribution is -2.12. The van der Waals surface area contributed by atoms with Gasteiger partial charge in [0.25, 0.3) is 0 Å². The predicted octanol–water partition coefficient (Wildman–Crippen LogP) is 14.3. The Kier molecular flexibility index (Phi) is 11.7. The summed E-state index contributed by atoms with van der Waals surface area (Å²) in [4.78, 5) is 44.1. The van der Waals surface area contributed by atoms with Gasteiger partial charge < -0.3 is 20.4 Å². The maximum absolute atomic E-state index is 12.7. The molecule has 72 heavy (non-hydrogen) atoms. The Morgan fingerprint density at radius 1 is 0.347 bits per heavy atom. The Labute approximate surface area is 416 Å². The van der Waals surface area contributed by atoms with E-state index >= 15 is 0 Å². The summed E-state index contributed by atoms with van der Waals surface area (Å²) in [5.74, 6) is -0.497. The Hall–Kier alpha value is -9.02. The molecule has 4 N–H and O–H groups in total. The first-order valence-corrected chi connectivity index (χ1v) is 23.6. The zero-order chi connectivity index (χ0) is 50.6. The standard InChI is InChI=1S/C62H50N4O6/c1-61(2,3)39-27-37(33-67)57(69)45(31-39)49-21-13-25-53(65-49)51-23-11-19-47(63-51)43-29-35-15-7-9-17-41(35)55(59(43)71)56-42-18-10-8-16-36(42)30-44(60(56)72)48-20-12-24-52(64-48)54-26-14-22-50(66-54)46-32-40(62(4,5)6)28-38(34-68)58(46)70/h7-34,69-72H,1-6H3. The van der Waals surface area contributed by atoms with Gasteiger partial charge in [-0.1, -0.05) is 114 Å². The number of pyridine rings is 4. The second-order valence-electron chi connectivity index (χ2n) is 20.0. The third kappa shape index (κ3) is 8.47. The Morgan fingerprint density at radius 2 is 0.639 bits per heavy atom. The van der Waals surface area contributed by atoms with Gasteiger partial charge in [0.1, 0.15) is 23.0 Å². The van der Waals surface area contributed by atoms with Gasteiger partial charge in [-0.05, 0) is 128 Å². The van der Waals surface area contributed by atoms with Gasteiger partial charge in [-0.15, -0.1) is 0 Å². The van der Waals surface area contributed by atoms with Gasteiger partial charge in [0, 0.05) is 33.4 Å². The van der Waals surface area contributed by atoms with Crippen molar-refractivity contribution in [2.75, 3.05) is 0 Å². The van der Waals surface area contributed by atoms with E-state index < -0.39 is 0 Å². The summed E-state index contributed by atoms with van der Waals surface area (Å²) in [6.07, 6.45) is 1.30. The van der Waals surface area contributed by atoms with Crippen LogP contribution < -0.4 is 0 Å². The van der Waals surface area contributed by atoms with Crippen molar-refractivity contribution in [3.8, 4) is 102 Å². The van der Waals surface area contributed by atoms with Crippen LogP contribution in [0.3, 0.4) is 0 Å². The summed E-state index contributed by atoms with van der Waals surface area (Å²) in [7, 11) is 0. The molecule has 0 aliphatic rings. The molecule has 0 bridgehead atoms. The molecule has 0 saturated heterocycles. The Bertz CT molecular complexity index is 3580. The molecular formula is C62H50N4O6. The average molecular weight is 947 g/mol. The van der Waals surface area contributed by atoms with E-state index in [1.165, 1.54) is 0 Å². The minimum atomic E-state index is -0.301. The number of hydrogen-bond acceptors (Lipinski definition) is 10. The minimum Gasteiger partial charge on any atom is -0.507 e. The highest BCUT2D eigenvalue weighted by Crippen LogP contribution is 2.51. The zero-order valence-corrected chi connectivity index (χ0v) is 40.6. The Balaban J connectivity index is 1.09. The molecule has 0 amide bonds. The fourth-order valence-corrected chi connectivity index (χ4v) is 9.23. The van der Waals surface area contributed by atoms with Gasteiger partial charge in [0.05, 0.1) is 56.7 Å². The van der Waals surface area contributed by atoms with Crippen molar-refractivity contribution in [1.29, 1.82) is 0 Å². The molecule has 10 rings (SSSR count). The number of aromatic nitrogens is 4. The molecular weight excluding hydrogens is 897 g/mol. The molecule has 10 nitrogen and oxygen atoms in total. The second-order valence-corrected chi connectivity index (χ2v) is 20.0. The number of fused-ring (bicyclic) bond motifs is 2. The van der Waals surface area contributed by atoms with E-state index in [1.54, 1.807) is 24.3 Å². The van der Waals surface area contributed by atoms with Gasteiger partial charge in [-0.2, -0.15) is 0 Å². The van der Waals surface area contributed by atoms with E-state index in [4.69, 9.17) is 19.9 Å². The summed E-state index contributed by atoms with van der Waals surface area (Å²) in [5.41, 5.74) is 7.88. The van der Waals surface area contributed by atoms with Crippen molar-refractivity contribution in [1.82, 2.24) is 19.9 Å². The van der Waals surface area contributed by atoms with E-state index in [0.29, 0.717) is 102 Å². The molecule has 0 unspecified atom stereocenters. The summed E-state index contributed by atoms with van der Waals surface area (Å²) >= 11 is 0. The highest BCUT2D eigenvalue weighted by atomic mass is 16.3. The van der Waals surface area contributed by atoms with Crippen molar-refractivity contribution in [3.63, 3.8) is 0 Å². The van der Waals surface area contributed by atoms with Gasteiger partial charge in [-0.3, -0.25) is 9.59 Å². The summed E-state index contributed by atoms with van der Waals surface area (Å²) in [6, 6.07) is 48.1. The number of nitrogens with zero attached hydrogens (tertiary/aromatic N) is 4. The van der Waals surface area contributed by atoms with Crippen LogP contribution in [0.1, 0.15) is 73.4 Å². The van der Waals surface area contributed by atoms with Gasteiger partial charge in [0.2, 0.25) is 0 Å². The van der Waals surface area contributed by atoms with E-state index in [1.807, 2.05) is 175 Å². The summed E-state index contributed by atoms with van der Waals surface area (Å²) in [6.45, 7) is 12.2. The number of carbonyl (C=O) groups is 2. The number of aromatic hydroxyl groups is 4. The minimum absolute atomic E-state index is 0.0952. The number of benzene rings is 6. The van der Waals surface area contributed by atoms with Crippen LogP contribution in [0.5, 0.6) is 23.0 Å². The number of aldehydes is 2. The predicted molar refractivity (Wildman–Crippen MR) is 286 cm³/mol. The number of hydrogen-bond donors (Lipinski definition) is 4. The lowest BCUT2D eigenvalue weighted by atomic mass is 9.84. The molecule has 354 valence electrons. The molecule has 0 aliphatic heterocycles. The molecule has 0 fully saturated rings. The summed E-state index contributed by atoms with van der Waals surface area (Å²) in [5, 5.41) is 50.8. The SMILES string of the molecule is CC(C)(C)c1cc(C=O)c(O)c(-c2cccc(-c3cccc(-c4cc5ccccc5c(-c5c(O)c(-c6cccc(-c7cccc(-c8cc(C(C)(C)C)cc(C=O)c8O)n7)n6)cc6ccccc56)c4O)n3)n2)c1. The van der Waals surface area contributed by atoms with Crippen molar-refractivity contribution in [2.24, 2.45) is 0 Å². The lowest BCUT2D eigenvalue weighted by molar-refractivity contribution is 0.111. The molecule has 0 aliphatic carbocycles. The molecule has 6 aromatic carbocycles. The molecule has 4 heterocycles. The smallest absolute Gasteiger partial charge is 0.153 e. The molecule has 10 heteroatoms. The van der Waals surface area contributed by atoms with Crippen molar-refractivity contribution >= 4 is 34.1 Å². The number of phenolic OH excluding ortho intramolecular Hbond substituents is 4. The maximum atomic E-state index is 12.7. The lowest BCUT2D eigenvalue weighted by Gasteiger charge is -2.21. The van der Waals surface area contributed by atoms with Crippen LogP contribution in [0.4, 0.5) is 0 Å². The van der Waals surface area contributed by atoms with Gasteiger partial charge in [0.15, 0.2) is 12.6 Å². The van der Waals surface area contributed by atoms with Crippen LogP contribution in [0, 0.1) is 0 Å². The Morgan fingerprint density at radius 3 is 0.944 bits per heavy atom. The quantitative estimate of drug-likeness (QED) is 0.102. The molecule has 0 saturated carbocycles. The topological polar surface area (TPSA) is 167 Å². The highest BCUT2D eigenvalue weighted by Gasteiger charge is 2.26. The highest BCUT2D eigenvalue weighted by molar-refractivity contribution is 6.13. The van der Waals surface area contributed by atoms with Crippen LogP contribution >= 0.6 is 0 Å². The first-order chi connectivity index (χ1) is 34.5. The molecule has 0 atom stereocenters. The van der Waals surface area contributed by atoms with E-state index in [-0.39, 0.29) is 45.0 Å². The summed E-state index contributed by atoms with van der Waals surface area (Å²) < 4.78 is 0. The van der Waals surface area contributed by atoms with Crippen molar-refractivity contribution < 1.29 is 30.0 Å². The van der Waals surface area contributed by atoms with E-state index in [0.717, 1.165) is 21.9 Å². The third-order valence-electron chi connectivity index (χ3n) is 13.2. The largest absolute Gasteiger partial charge is 0.507 e. The average Bonchev–Trinajstić information content (AvgIpc) is 3.38. The molecule has 0 spiro atoms. The molecule has 0 radical (unpaired) electrons. The van der Waals surface area contributed by atoms with Crippen LogP contribution in [-0.4, -0.2) is 52.9 Å². The van der Waals surface area contributed by atoms with Crippen molar-refractivity contribution in [3.05, 3.63) is 180 Å². The third-order valence-corrected chi connectivity index (χ3v) is 13.2. The monoisotopic (exact) mass is 946 g/mol. The van der Waals surface area contributed by atoms with Crippen LogP contribution in [0.25, 0.3) is 100 Å². The first kappa shape index (κ1) is 46.7. The van der Waals surface area contributed by atoms with Crippen LogP contribution in [0.2, 0.25) is 0 Å².